The molecule has 0 spiro atoms. The Morgan fingerprint density at radius 1 is 1.19 bits per heavy atom. The monoisotopic (exact) mass is 226 g/mol. The van der Waals surface area contributed by atoms with E-state index in [-0.39, 0.29) is 0 Å². The summed E-state index contributed by atoms with van der Waals surface area (Å²) in [6.45, 7) is 3.93. The quantitative estimate of drug-likeness (QED) is 0.756. The van der Waals surface area contributed by atoms with Crippen molar-refractivity contribution in [3.05, 3.63) is 0 Å². The molecule has 0 aromatic heterocycles. The first-order valence-electron chi connectivity index (χ1n) is 6.99. The lowest BCUT2D eigenvalue weighted by Crippen LogP contribution is -2.42. The van der Waals surface area contributed by atoms with Crippen LogP contribution >= 0.6 is 0 Å². The Bertz CT molecular complexity index is 235. The van der Waals surface area contributed by atoms with Gasteiger partial charge in [-0.15, -0.1) is 0 Å². The number of aliphatic hydroxyl groups excluding tert-OH is 1. The van der Waals surface area contributed by atoms with E-state index in [0.29, 0.717) is 18.8 Å². The average molecular weight is 226 g/mol. The molecule has 2 rings (SSSR count). The molecule has 0 aromatic carbocycles. The van der Waals surface area contributed by atoms with E-state index < -0.39 is 11.7 Å². The van der Waals surface area contributed by atoms with Crippen molar-refractivity contribution in [1.29, 1.82) is 0 Å². The minimum atomic E-state index is -0.845. The molecule has 4 atom stereocenters. The Balaban J connectivity index is 1.89. The second kappa shape index (κ2) is 4.66. The van der Waals surface area contributed by atoms with Crippen LogP contribution in [0.3, 0.4) is 0 Å². The number of fused-ring (bicyclic) bond motifs is 2. The molecule has 0 aliphatic heterocycles. The van der Waals surface area contributed by atoms with Gasteiger partial charge in [-0.1, -0.05) is 20.3 Å². The van der Waals surface area contributed by atoms with E-state index in [0.717, 1.165) is 18.3 Å². The summed E-state index contributed by atoms with van der Waals surface area (Å²) in [6, 6.07) is 0. The fourth-order valence-corrected chi connectivity index (χ4v) is 3.89. The molecule has 0 saturated heterocycles. The van der Waals surface area contributed by atoms with Gasteiger partial charge in [0.1, 0.15) is 0 Å². The SMILES string of the molecule is CCC(O)(CC)C(O)CC1CC2CCC1C2. The number of hydrogen-bond donors (Lipinski definition) is 2. The molecule has 0 heterocycles. The van der Waals surface area contributed by atoms with Crippen LogP contribution in [0, 0.1) is 17.8 Å². The van der Waals surface area contributed by atoms with Crippen LogP contribution < -0.4 is 0 Å². The minimum absolute atomic E-state index is 0.521. The van der Waals surface area contributed by atoms with Gasteiger partial charge in [0.15, 0.2) is 0 Å². The van der Waals surface area contributed by atoms with Crippen LogP contribution in [0.5, 0.6) is 0 Å². The molecule has 4 unspecified atom stereocenters. The largest absolute Gasteiger partial charge is 0.390 e. The van der Waals surface area contributed by atoms with Crippen LogP contribution in [0.1, 0.15) is 58.8 Å². The van der Waals surface area contributed by atoms with Gasteiger partial charge in [0.05, 0.1) is 11.7 Å². The second-order valence-corrected chi connectivity index (χ2v) is 6.00. The standard InChI is InChI=1S/C14H26O2/c1-3-14(16,4-2)13(15)9-12-8-10-5-6-11(12)7-10/h10-13,15-16H,3-9H2,1-2H3. The van der Waals surface area contributed by atoms with Gasteiger partial charge in [-0.05, 0) is 56.3 Å². The van der Waals surface area contributed by atoms with Crippen molar-refractivity contribution in [1.82, 2.24) is 0 Å². The van der Waals surface area contributed by atoms with E-state index in [4.69, 9.17) is 0 Å². The van der Waals surface area contributed by atoms with Gasteiger partial charge >= 0.3 is 0 Å². The van der Waals surface area contributed by atoms with Crippen LogP contribution in [-0.2, 0) is 0 Å². The zero-order valence-corrected chi connectivity index (χ0v) is 10.7. The summed E-state index contributed by atoms with van der Waals surface area (Å²) in [5, 5.41) is 20.5. The topological polar surface area (TPSA) is 40.5 Å². The van der Waals surface area contributed by atoms with Crippen LogP contribution in [-0.4, -0.2) is 21.9 Å². The Labute approximate surface area is 99.1 Å². The highest BCUT2D eigenvalue weighted by atomic mass is 16.3. The van der Waals surface area contributed by atoms with Crippen molar-refractivity contribution in [3.8, 4) is 0 Å². The Kier molecular flexibility index (Phi) is 3.60. The van der Waals surface area contributed by atoms with Crippen molar-refractivity contribution in [2.24, 2.45) is 17.8 Å². The van der Waals surface area contributed by atoms with E-state index in [1.807, 2.05) is 13.8 Å². The van der Waals surface area contributed by atoms with Crippen LogP contribution in [0.2, 0.25) is 0 Å². The fraction of sp³-hybridized carbons (Fsp3) is 1.00. The highest BCUT2D eigenvalue weighted by Crippen LogP contribution is 2.50. The fourth-order valence-electron chi connectivity index (χ4n) is 3.89. The maximum absolute atomic E-state index is 10.3. The molecule has 0 radical (unpaired) electrons. The van der Waals surface area contributed by atoms with Gasteiger partial charge in [-0.25, -0.2) is 0 Å². The second-order valence-electron chi connectivity index (χ2n) is 6.00. The van der Waals surface area contributed by atoms with Gasteiger partial charge in [-0.3, -0.25) is 0 Å². The molecular weight excluding hydrogens is 200 g/mol. The minimum Gasteiger partial charge on any atom is -0.390 e. The number of rotatable bonds is 5. The lowest BCUT2D eigenvalue weighted by Gasteiger charge is -2.34. The summed E-state index contributed by atoms with van der Waals surface area (Å²) in [7, 11) is 0. The normalized spacial score (nSPS) is 35.6. The predicted molar refractivity (Wildman–Crippen MR) is 65.1 cm³/mol. The van der Waals surface area contributed by atoms with Crippen molar-refractivity contribution >= 4 is 0 Å². The molecule has 2 nitrogen and oxygen atoms in total. The van der Waals surface area contributed by atoms with E-state index in [1.54, 1.807) is 0 Å². The number of hydrogen-bond acceptors (Lipinski definition) is 2. The summed E-state index contributed by atoms with van der Waals surface area (Å²) in [4.78, 5) is 0. The maximum atomic E-state index is 10.3. The van der Waals surface area contributed by atoms with Crippen LogP contribution in [0.15, 0.2) is 0 Å². The van der Waals surface area contributed by atoms with Crippen molar-refractivity contribution in [3.63, 3.8) is 0 Å². The van der Waals surface area contributed by atoms with Gasteiger partial charge in [-0.2, -0.15) is 0 Å². The van der Waals surface area contributed by atoms with Gasteiger partial charge in [0.25, 0.3) is 0 Å². The summed E-state index contributed by atoms with van der Waals surface area (Å²) in [5.41, 5.74) is -0.845. The summed E-state index contributed by atoms with van der Waals surface area (Å²) in [5.74, 6) is 2.45. The smallest absolute Gasteiger partial charge is 0.0900 e. The summed E-state index contributed by atoms with van der Waals surface area (Å²) < 4.78 is 0. The Morgan fingerprint density at radius 3 is 2.31 bits per heavy atom. The zero-order chi connectivity index (χ0) is 11.8. The molecule has 94 valence electrons. The van der Waals surface area contributed by atoms with Crippen LogP contribution in [0.25, 0.3) is 0 Å². The van der Waals surface area contributed by atoms with E-state index in [2.05, 4.69) is 0 Å². The molecule has 0 aromatic rings. The van der Waals surface area contributed by atoms with Gasteiger partial charge in [0, 0.05) is 0 Å². The van der Waals surface area contributed by atoms with Crippen molar-refractivity contribution < 1.29 is 10.2 Å². The Hall–Kier alpha value is -0.0800. The first-order valence-corrected chi connectivity index (χ1v) is 6.99. The average Bonchev–Trinajstić information content (AvgIpc) is 2.89. The Morgan fingerprint density at radius 2 is 1.88 bits per heavy atom. The molecule has 2 N–H and O–H groups in total. The van der Waals surface area contributed by atoms with Gasteiger partial charge < -0.3 is 10.2 Å². The first-order chi connectivity index (χ1) is 7.59. The number of aliphatic hydroxyl groups is 2. The molecule has 16 heavy (non-hydrogen) atoms. The molecule has 2 heteroatoms. The third-order valence-electron chi connectivity index (χ3n) is 5.26. The first kappa shape index (κ1) is 12.4. The molecule has 2 aliphatic carbocycles. The van der Waals surface area contributed by atoms with Crippen molar-refractivity contribution in [2.45, 2.75) is 70.5 Å². The molecule has 2 saturated carbocycles. The van der Waals surface area contributed by atoms with E-state index in [1.165, 1.54) is 25.7 Å². The molecule has 0 amide bonds. The summed E-state index contributed by atoms with van der Waals surface area (Å²) >= 11 is 0. The van der Waals surface area contributed by atoms with Crippen molar-refractivity contribution in [2.75, 3.05) is 0 Å². The lowest BCUT2D eigenvalue weighted by atomic mass is 9.79. The van der Waals surface area contributed by atoms with E-state index >= 15 is 0 Å². The predicted octanol–water partition coefficient (Wildman–Crippen LogP) is 2.72. The zero-order valence-electron chi connectivity index (χ0n) is 10.7. The molecule has 2 aliphatic rings. The molecule has 2 bridgehead atoms. The molecule has 2 fully saturated rings. The van der Waals surface area contributed by atoms with Gasteiger partial charge in [0.2, 0.25) is 0 Å². The third kappa shape index (κ3) is 2.14. The highest BCUT2D eigenvalue weighted by Gasteiger charge is 2.42. The lowest BCUT2D eigenvalue weighted by molar-refractivity contribution is -0.0909. The summed E-state index contributed by atoms with van der Waals surface area (Å²) in [6.07, 6.45) is 7.06. The van der Waals surface area contributed by atoms with Crippen LogP contribution in [0.4, 0.5) is 0 Å². The highest BCUT2D eigenvalue weighted by molar-refractivity contribution is 4.94. The maximum Gasteiger partial charge on any atom is 0.0900 e. The van der Waals surface area contributed by atoms with E-state index in [9.17, 15) is 10.2 Å². The molecular formula is C14H26O2. The third-order valence-corrected chi connectivity index (χ3v) is 5.26.